The summed E-state index contributed by atoms with van der Waals surface area (Å²) >= 11 is 0. The summed E-state index contributed by atoms with van der Waals surface area (Å²) in [5, 5.41) is 41.2. The quantitative estimate of drug-likeness (QED) is 0.0131. The Kier molecular flexibility index (Phi) is 34.7. The first kappa shape index (κ1) is 60.0. The molecular weight excluding hydrogens is 870 g/mol. The van der Waals surface area contributed by atoms with Gasteiger partial charge in [-0.05, 0) is 51.4 Å². The van der Waals surface area contributed by atoms with E-state index in [0.717, 1.165) is 51.4 Å². The van der Waals surface area contributed by atoms with Crippen molar-refractivity contribution in [3.05, 3.63) is 48.6 Å². The van der Waals surface area contributed by atoms with Gasteiger partial charge in [0.1, 0.15) is 43.2 Å². The van der Waals surface area contributed by atoms with Gasteiger partial charge in [0.15, 0.2) is 6.10 Å². The van der Waals surface area contributed by atoms with E-state index in [1.54, 1.807) is 0 Å². The molecule has 0 saturated heterocycles. The lowest BCUT2D eigenvalue weighted by Gasteiger charge is -2.43. The minimum absolute atomic E-state index is 0.0313. The molecule has 0 amide bonds. The van der Waals surface area contributed by atoms with Crippen LogP contribution in [0.2, 0.25) is 0 Å². The van der Waals surface area contributed by atoms with Gasteiger partial charge in [-0.15, -0.1) is 0 Å². The van der Waals surface area contributed by atoms with Crippen molar-refractivity contribution in [2.24, 2.45) is 0 Å². The van der Waals surface area contributed by atoms with Crippen LogP contribution in [0.3, 0.4) is 0 Å². The smallest absolute Gasteiger partial charge is 0.462 e. The Morgan fingerprint density at radius 1 is 0.500 bits per heavy atom. The van der Waals surface area contributed by atoms with Crippen LogP contribution in [0.1, 0.15) is 174 Å². The summed E-state index contributed by atoms with van der Waals surface area (Å²) in [6.45, 7) is 3.04. The van der Waals surface area contributed by atoms with E-state index in [4.69, 9.17) is 28.3 Å². The first-order chi connectivity index (χ1) is 30.6. The second kappa shape index (κ2) is 37.0. The Morgan fingerprint density at radius 2 is 0.922 bits per heavy atom. The van der Waals surface area contributed by atoms with E-state index in [2.05, 4.69) is 54.8 Å². The molecule has 1 rings (SSSR count). The maximum atomic E-state index is 13.0. The van der Waals surface area contributed by atoms with Crippen molar-refractivity contribution in [2.75, 3.05) is 13.2 Å². The fourth-order valence-corrected chi connectivity index (χ4v) is 8.50. The highest BCUT2D eigenvalue weighted by molar-refractivity contribution is 7.47. The van der Waals surface area contributed by atoms with Gasteiger partial charge in [-0.25, -0.2) is 9.13 Å². The predicted molar refractivity (Wildman–Crippen MR) is 246 cm³/mol. The first-order valence-electron chi connectivity index (χ1n) is 23.7. The van der Waals surface area contributed by atoms with E-state index in [0.29, 0.717) is 19.3 Å². The van der Waals surface area contributed by atoms with Crippen LogP contribution >= 0.6 is 15.6 Å². The molecule has 18 heteroatoms. The Morgan fingerprint density at radius 3 is 1.42 bits per heavy atom. The summed E-state index contributed by atoms with van der Waals surface area (Å²) in [5.74, 6) is -1.27. The van der Waals surface area contributed by atoms with Crippen LogP contribution in [0.15, 0.2) is 48.6 Å². The molecule has 0 bridgehead atoms. The Labute approximate surface area is 382 Å². The molecule has 1 saturated carbocycles. The zero-order valence-electron chi connectivity index (χ0n) is 38.5. The van der Waals surface area contributed by atoms with Crippen LogP contribution in [0, 0.1) is 0 Å². The standard InChI is InChI=1S/C46H82O16P2/c1-3-5-7-9-11-13-15-17-19-20-21-23-25-27-29-31-33-35-40(48)60-38(36-58-39(47)34-32-30-28-26-24-22-18-16-14-12-10-8-6-4-2)37-59-64(56,57)62-46-43(51)41(49)42(50)45(44(46)52)61-63(53,54)55/h11,13,17,19,21,23,27,29,38,41-46,49-52H,3-10,12,14-16,18,20,22,24-26,28,30-37H2,1-2H3,(H,56,57)(H2,53,54,55)/b13-11-,19-17-,23-21-,29-27-/t38-,41-,42-,43-,44-,45+,46-/m1/s1. The minimum Gasteiger partial charge on any atom is -0.462 e. The zero-order chi connectivity index (χ0) is 47.5. The number of carbonyl (C=O) groups is 2. The maximum absolute atomic E-state index is 13.0. The molecule has 64 heavy (non-hydrogen) atoms. The van der Waals surface area contributed by atoms with E-state index in [9.17, 15) is 44.0 Å². The molecule has 0 aromatic carbocycles. The van der Waals surface area contributed by atoms with Crippen LogP contribution in [0.25, 0.3) is 0 Å². The average molecular weight is 953 g/mol. The number of allylic oxidation sites excluding steroid dienone is 8. The molecule has 0 aliphatic heterocycles. The molecule has 1 aliphatic carbocycles. The SMILES string of the molecule is CCCCC/C=C\C/C=C\C/C=C\C/C=C\CCCC(=O)O[C@H](COC(=O)CCCCCCCCCCCCCCCC)COP(=O)(O)O[C@H]1[C@H](O)[C@@H](OP(=O)(O)O)[C@H](O)[C@@H](O)[C@H]1O. The molecule has 8 atom stereocenters. The predicted octanol–water partition coefficient (Wildman–Crippen LogP) is 8.90. The fourth-order valence-electron chi connectivity index (χ4n) is 6.96. The van der Waals surface area contributed by atoms with Crippen LogP contribution in [0.5, 0.6) is 0 Å². The van der Waals surface area contributed by atoms with Crippen LogP contribution < -0.4 is 0 Å². The van der Waals surface area contributed by atoms with Crippen molar-refractivity contribution < 1.29 is 76.9 Å². The molecule has 0 spiro atoms. The first-order valence-corrected chi connectivity index (χ1v) is 26.7. The van der Waals surface area contributed by atoms with Crippen LogP contribution in [-0.4, -0.2) is 103 Å². The number of aliphatic hydroxyl groups is 4. The molecule has 0 aromatic rings. The van der Waals surface area contributed by atoms with Gasteiger partial charge in [0.25, 0.3) is 0 Å². The van der Waals surface area contributed by atoms with Gasteiger partial charge in [0.05, 0.1) is 6.61 Å². The Hall–Kier alpha value is -2.04. The normalized spacial score (nSPS) is 22.2. The average Bonchev–Trinajstić information content (AvgIpc) is 3.25. The molecule has 0 aromatic heterocycles. The molecule has 7 N–H and O–H groups in total. The summed E-state index contributed by atoms with van der Waals surface area (Å²) < 4.78 is 49.3. The number of esters is 2. The largest absolute Gasteiger partial charge is 0.472 e. The monoisotopic (exact) mass is 953 g/mol. The molecule has 1 fully saturated rings. The van der Waals surface area contributed by atoms with Gasteiger partial charge in [0, 0.05) is 12.8 Å². The van der Waals surface area contributed by atoms with Gasteiger partial charge in [0.2, 0.25) is 0 Å². The lowest BCUT2D eigenvalue weighted by atomic mass is 9.85. The summed E-state index contributed by atoms with van der Waals surface area (Å²) in [5.41, 5.74) is 0. The van der Waals surface area contributed by atoms with Crippen LogP contribution in [0.4, 0.5) is 0 Å². The van der Waals surface area contributed by atoms with Gasteiger partial charge < -0.3 is 44.6 Å². The molecule has 16 nitrogen and oxygen atoms in total. The van der Waals surface area contributed by atoms with Crippen molar-refractivity contribution in [1.82, 2.24) is 0 Å². The van der Waals surface area contributed by atoms with Crippen molar-refractivity contribution in [1.29, 1.82) is 0 Å². The molecule has 0 heterocycles. The number of ether oxygens (including phenoxy) is 2. The third kappa shape index (κ3) is 31.0. The lowest BCUT2D eigenvalue weighted by molar-refractivity contribution is -0.216. The Bertz CT molecular complexity index is 1430. The van der Waals surface area contributed by atoms with Gasteiger partial charge in [-0.1, -0.05) is 159 Å². The van der Waals surface area contributed by atoms with Crippen molar-refractivity contribution in [3.8, 4) is 0 Å². The number of rotatable bonds is 39. The van der Waals surface area contributed by atoms with Gasteiger partial charge in [-0.2, -0.15) is 0 Å². The minimum atomic E-state index is -5.37. The number of phosphoric acid groups is 2. The highest BCUT2D eigenvalue weighted by atomic mass is 31.2. The third-order valence-electron chi connectivity index (χ3n) is 10.7. The van der Waals surface area contributed by atoms with Gasteiger partial charge in [-0.3, -0.25) is 23.2 Å². The zero-order valence-corrected chi connectivity index (χ0v) is 40.2. The number of aliphatic hydroxyl groups excluding tert-OH is 4. The second-order valence-corrected chi connectivity index (χ2v) is 19.1. The summed E-state index contributed by atoms with van der Waals surface area (Å²) in [6, 6.07) is 0. The summed E-state index contributed by atoms with van der Waals surface area (Å²) in [7, 11) is -10.7. The van der Waals surface area contributed by atoms with E-state index >= 15 is 0 Å². The van der Waals surface area contributed by atoms with E-state index in [1.165, 1.54) is 77.0 Å². The highest BCUT2D eigenvalue weighted by Crippen LogP contribution is 2.49. The number of carbonyl (C=O) groups excluding carboxylic acids is 2. The van der Waals surface area contributed by atoms with E-state index in [-0.39, 0.29) is 12.8 Å². The van der Waals surface area contributed by atoms with Crippen molar-refractivity contribution >= 4 is 27.6 Å². The van der Waals surface area contributed by atoms with Crippen molar-refractivity contribution in [2.45, 2.75) is 217 Å². The number of unbranched alkanes of at least 4 members (excludes halogenated alkanes) is 17. The third-order valence-corrected chi connectivity index (χ3v) is 12.2. The fraction of sp³-hybridized carbons (Fsp3) is 0.783. The van der Waals surface area contributed by atoms with Gasteiger partial charge >= 0.3 is 27.6 Å². The highest BCUT2D eigenvalue weighted by Gasteiger charge is 2.54. The number of hydrogen-bond donors (Lipinski definition) is 7. The Balaban J connectivity index is 2.64. The summed E-state index contributed by atoms with van der Waals surface area (Å²) in [4.78, 5) is 54.2. The molecular formula is C46H82O16P2. The maximum Gasteiger partial charge on any atom is 0.472 e. The van der Waals surface area contributed by atoms with Crippen LogP contribution in [-0.2, 0) is 41.8 Å². The molecule has 372 valence electrons. The number of phosphoric ester groups is 2. The lowest BCUT2D eigenvalue weighted by Crippen LogP contribution is -2.64. The molecule has 1 aliphatic rings. The topological polar surface area (TPSA) is 256 Å². The van der Waals surface area contributed by atoms with E-state index < -0.39 is 83.5 Å². The summed E-state index contributed by atoms with van der Waals surface area (Å²) in [6.07, 6.45) is 26.5. The van der Waals surface area contributed by atoms with E-state index in [1.807, 2.05) is 12.2 Å². The molecule has 0 radical (unpaired) electrons. The van der Waals surface area contributed by atoms with Crippen molar-refractivity contribution in [3.63, 3.8) is 0 Å². The second-order valence-electron chi connectivity index (χ2n) is 16.5. The number of hydrogen-bond acceptors (Lipinski definition) is 13. The molecule has 1 unspecified atom stereocenters.